The second-order valence-electron chi connectivity index (χ2n) is 9.66. The van der Waals surface area contributed by atoms with E-state index in [2.05, 4.69) is 23.7 Å². The maximum atomic E-state index is 13.6. The van der Waals surface area contributed by atoms with Gasteiger partial charge in [-0.05, 0) is 61.7 Å². The third kappa shape index (κ3) is 5.78. The number of fused-ring (bicyclic) bond motifs is 1. The Hall–Kier alpha value is -3.43. The summed E-state index contributed by atoms with van der Waals surface area (Å²) in [6, 6.07) is 8.61. The van der Waals surface area contributed by atoms with Crippen LogP contribution in [-0.2, 0) is 22.6 Å². The Bertz CT molecular complexity index is 1310. The molecule has 1 aromatic heterocycles. The molecule has 2 aromatic carbocycles. The van der Waals surface area contributed by atoms with Gasteiger partial charge in [0.05, 0.1) is 24.4 Å². The first-order valence-electron chi connectivity index (χ1n) is 12.5. The monoisotopic (exact) mass is 510 g/mol. The molecule has 1 saturated heterocycles. The fourth-order valence-corrected chi connectivity index (χ4v) is 5.03. The first-order valence-corrected chi connectivity index (χ1v) is 12.5. The van der Waals surface area contributed by atoms with Gasteiger partial charge in [-0.25, -0.2) is 4.39 Å². The average molecular weight is 511 g/mol. The number of aryl methyl sites for hydroxylation is 2. The molecule has 198 valence electrons. The number of hydrogen-bond donors (Lipinski definition) is 2. The van der Waals surface area contributed by atoms with Crippen LogP contribution in [0, 0.1) is 26.6 Å². The normalized spacial score (nSPS) is 14.4. The largest absolute Gasteiger partial charge is 0.480 e. The van der Waals surface area contributed by atoms with Crippen molar-refractivity contribution in [1.29, 1.82) is 0 Å². The second-order valence-corrected chi connectivity index (χ2v) is 9.66. The van der Waals surface area contributed by atoms with Crippen molar-refractivity contribution in [1.82, 2.24) is 14.4 Å². The van der Waals surface area contributed by atoms with E-state index in [1.54, 1.807) is 18.1 Å². The maximum absolute atomic E-state index is 13.6. The predicted molar refractivity (Wildman–Crippen MR) is 142 cm³/mol. The molecule has 9 heteroatoms. The number of carbonyl (C=O) groups excluding carboxylic acids is 1. The van der Waals surface area contributed by atoms with Crippen molar-refractivity contribution in [3.63, 3.8) is 0 Å². The molecule has 8 nitrogen and oxygen atoms in total. The SMILES string of the molecule is COCCn1c(C)c(C)c2cc(C(=O)N3CCN(CC(=O)O)CC3)cc(NCc3ccc(F)cc3C)c21. The van der Waals surface area contributed by atoms with E-state index in [1.807, 2.05) is 24.0 Å². The lowest BCUT2D eigenvalue weighted by atomic mass is 10.0. The third-order valence-electron chi connectivity index (χ3n) is 7.29. The zero-order valence-corrected chi connectivity index (χ0v) is 21.9. The minimum Gasteiger partial charge on any atom is -0.480 e. The number of piperazine rings is 1. The number of halogens is 1. The number of amides is 1. The summed E-state index contributed by atoms with van der Waals surface area (Å²) in [4.78, 5) is 28.2. The van der Waals surface area contributed by atoms with Crippen LogP contribution in [0.4, 0.5) is 10.1 Å². The van der Waals surface area contributed by atoms with E-state index in [9.17, 15) is 14.0 Å². The number of ether oxygens (including phenoxy) is 1. The van der Waals surface area contributed by atoms with Crippen molar-refractivity contribution in [2.75, 3.05) is 51.8 Å². The molecular weight excluding hydrogens is 475 g/mol. The zero-order chi connectivity index (χ0) is 26.7. The highest BCUT2D eigenvalue weighted by atomic mass is 19.1. The smallest absolute Gasteiger partial charge is 0.317 e. The number of nitrogens with one attached hydrogen (secondary N) is 1. The van der Waals surface area contributed by atoms with Gasteiger partial charge in [0.25, 0.3) is 5.91 Å². The van der Waals surface area contributed by atoms with Gasteiger partial charge in [-0.3, -0.25) is 14.5 Å². The summed E-state index contributed by atoms with van der Waals surface area (Å²) in [6.07, 6.45) is 0. The van der Waals surface area contributed by atoms with Crippen molar-refractivity contribution < 1.29 is 23.8 Å². The van der Waals surface area contributed by atoms with E-state index in [0.717, 1.165) is 39.0 Å². The van der Waals surface area contributed by atoms with Crippen LogP contribution >= 0.6 is 0 Å². The van der Waals surface area contributed by atoms with E-state index >= 15 is 0 Å². The Morgan fingerprint density at radius 2 is 1.81 bits per heavy atom. The minimum atomic E-state index is -0.860. The molecule has 1 aliphatic rings. The molecule has 3 aromatic rings. The van der Waals surface area contributed by atoms with Crippen molar-refractivity contribution >= 4 is 28.5 Å². The molecule has 4 rings (SSSR count). The Labute approximate surface area is 216 Å². The highest BCUT2D eigenvalue weighted by Gasteiger charge is 2.25. The lowest BCUT2D eigenvalue weighted by Crippen LogP contribution is -2.49. The number of carboxylic acids is 1. The second kappa shape index (κ2) is 11.3. The number of benzene rings is 2. The molecule has 0 aliphatic carbocycles. The summed E-state index contributed by atoms with van der Waals surface area (Å²) in [5, 5.41) is 13.6. The molecule has 0 saturated carbocycles. The summed E-state index contributed by atoms with van der Waals surface area (Å²) >= 11 is 0. The molecule has 0 unspecified atom stereocenters. The molecular formula is C28H35FN4O4. The van der Waals surface area contributed by atoms with Gasteiger partial charge in [0.1, 0.15) is 5.82 Å². The van der Waals surface area contributed by atoms with Gasteiger partial charge in [-0.15, -0.1) is 0 Å². The summed E-state index contributed by atoms with van der Waals surface area (Å²) in [6.45, 7) is 9.74. The Balaban J connectivity index is 1.69. The lowest BCUT2D eigenvalue weighted by molar-refractivity contribution is -0.138. The van der Waals surface area contributed by atoms with Gasteiger partial charge >= 0.3 is 5.97 Å². The van der Waals surface area contributed by atoms with Crippen LogP contribution in [0.2, 0.25) is 0 Å². The number of nitrogens with zero attached hydrogens (tertiary/aromatic N) is 3. The van der Waals surface area contributed by atoms with Gasteiger partial charge in [0.2, 0.25) is 0 Å². The van der Waals surface area contributed by atoms with Crippen molar-refractivity contribution in [3.8, 4) is 0 Å². The van der Waals surface area contributed by atoms with Gasteiger partial charge in [-0.2, -0.15) is 0 Å². The fraction of sp³-hybridized carbons (Fsp3) is 0.429. The van der Waals surface area contributed by atoms with Gasteiger partial charge in [-0.1, -0.05) is 6.07 Å². The molecule has 2 N–H and O–H groups in total. The minimum absolute atomic E-state index is 0.0156. The number of carbonyl (C=O) groups is 2. The van der Waals surface area contributed by atoms with Gasteiger partial charge < -0.3 is 24.6 Å². The van der Waals surface area contributed by atoms with Crippen LogP contribution in [0.5, 0.6) is 0 Å². The standard InChI is InChI=1S/C28H35FN4O4/c1-18-13-23(29)6-5-21(18)16-30-25-15-22(28(36)32-9-7-31(8-10-32)17-26(34)35)14-24-19(2)20(3)33(27(24)25)11-12-37-4/h5-6,13-15,30H,7-12,16-17H2,1-4H3,(H,34,35). The number of carboxylic acid groups (broad SMARTS) is 1. The molecule has 2 heterocycles. The zero-order valence-electron chi connectivity index (χ0n) is 21.9. The first kappa shape index (κ1) is 26.6. The van der Waals surface area contributed by atoms with Crippen LogP contribution in [-0.4, -0.2) is 77.8 Å². The Morgan fingerprint density at radius 1 is 1.08 bits per heavy atom. The van der Waals surface area contributed by atoms with Gasteiger partial charge in [0.15, 0.2) is 0 Å². The van der Waals surface area contributed by atoms with E-state index in [-0.39, 0.29) is 18.3 Å². The molecule has 0 bridgehead atoms. The van der Waals surface area contributed by atoms with E-state index in [0.29, 0.717) is 51.4 Å². The van der Waals surface area contributed by atoms with Crippen molar-refractivity contribution in [3.05, 3.63) is 64.1 Å². The third-order valence-corrected chi connectivity index (χ3v) is 7.29. The Kier molecular flexibility index (Phi) is 8.14. The van der Waals surface area contributed by atoms with Crippen LogP contribution in [0.3, 0.4) is 0 Å². The highest BCUT2D eigenvalue weighted by molar-refractivity contribution is 6.04. The number of aliphatic carboxylic acids is 1. The van der Waals surface area contributed by atoms with E-state index < -0.39 is 5.97 Å². The predicted octanol–water partition coefficient (Wildman–Crippen LogP) is 3.81. The summed E-state index contributed by atoms with van der Waals surface area (Å²) < 4.78 is 21.2. The number of aromatic nitrogens is 1. The number of hydrogen-bond acceptors (Lipinski definition) is 5. The molecule has 1 aliphatic heterocycles. The van der Waals surface area contributed by atoms with Gasteiger partial charge in [0, 0.05) is 63.0 Å². The fourth-order valence-electron chi connectivity index (χ4n) is 5.03. The summed E-state index contributed by atoms with van der Waals surface area (Å²) in [7, 11) is 1.68. The highest BCUT2D eigenvalue weighted by Crippen LogP contribution is 2.33. The first-order chi connectivity index (χ1) is 17.7. The number of anilines is 1. The molecule has 0 radical (unpaired) electrons. The van der Waals surface area contributed by atoms with E-state index in [4.69, 9.17) is 9.84 Å². The number of rotatable bonds is 9. The quantitative estimate of drug-likeness (QED) is 0.455. The lowest BCUT2D eigenvalue weighted by Gasteiger charge is -2.34. The molecule has 0 atom stereocenters. The van der Waals surface area contributed by atoms with Crippen LogP contribution in [0.1, 0.15) is 32.7 Å². The molecule has 1 fully saturated rings. The maximum Gasteiger partial charge on any atom is 0.317 e. The summed E-state index contributed by atoms with van der Waals surface area (Å²) in [5.41, 5.74) is 6.48. The van der Waals surface area contributed by atoms with Crippen LogP contribution in [0.25, 0.3) is 10.9 Å². The molecule has 1 amide bonds. The topological polar surface area (TPSA) is 87.0 Å². The van der Waals surface area contributed by atoms with Crippen LogP contribution in [0.15, 0.2) is 30.3 Å². The van der Waals surface area contributed by atoms with Crippen LogP contribution < -0.4 is 5.32 Å². The molecule has 37 heavy (non-hydrogen) atoms. The van der Waals surface area contributed by atoms with E-state index in [1.165, 1.54) is 12.1 Å². The Morgan fingerprint density at radius 3 is 2.46 bits per heavy atom. The average Bonchev–Trinajstić information content (AvgIpc) is 3.11. The summed E-state index contributed by atoms with van der Waals surface area (Å²) in [5.74, 6) is -1.19. The number of methoxy groups -OCH3 is 1. The molecule has 0 spiro atoms. The van der Waals surface area contributed by atoms with Crippen molar-refractivity contribution in [2.24, 2.45) is 0 Å². The van der Waals surface area contributed by atoms with Crippen molar-refractivity contribution in [2.45, 2.75) is 33.9 Å².